The van der Waals surface area contributed by atoms with E-state index in [4.69, 9.17) is 10.9 Å². The fraction of sp³-hybridized carbons (Fsp3) is 0.455. The summed E-state index contributed by atoms with van der Waals surface area (Å²) in [5.74, 6) is 1.37. The monoisotopic (exact) mass is 303 g/mol. The number of hydrogen-bond acceptors (Lipinski definition) is 5. The second-order valence-electron chi connectivity index (χ2n) is 4.56. The van der Waals surface area contributed by atoms with Crippen molar-refractivity contribution < 1.29 is 12.6 Å². The molecular formula is C11H17N3O3S2. The molecule has 1 aliphatic heterocycles. The van der Waals surface area contributed by atoms with E-state index < -0.39 is 20.8 Å². The van der Waals surface area contributed by atoms with Gasteiger partial charge in [0.15, 0.2) is 0 Å². The lowest BCUT2D eigenvalue weighted by molar-refractivity contribution is 0.597. The van der Waals surface area contributed by atoms with E-state index >= 15 is 0 Å². The highest BCUT2D eigenvalue weighted by Crippen LogP contribution is 2.24. The van der Waals surface area contributed by atoms with Crippen LogP contribution in [-0.2, 0) is 20.8 Å². The summed E-state index contributed by atoms with van der Waals surface area (Å²) in [6.45, 7) is 0. The Kier molecular flexibility index (Phi) is 4.12. The van der Waals surface area contributed by atoms with E-state index in [-0.39, 0.29) is 10.9 Å². The van der Waals surface area contributed by atoms with Gasteiger partial charge in [-0.05, 0) is 31.0 Å². The Labute approximate surface area is 115 Å². The first kappa shape index (κ1) is 14.3. The molecule has 0 saturated carbocycles. The van der Waals surface area contributed by atoms with Crippen molar-refractivity contribution in [1.29, 1.82) is 0 Å². The number of sulfonamides is 1. The molecule has 2 rings (SSSR count). The van der Waals surface area contributed by atoms with Crippen LogP contribution in [0.2, 0.25) is 0 Å². The van der Waals surface area contributed by atoms with Gasteiger partial charge in [-0.1, -0.05) is 0 Å². The molecule has 1 aliphatic rings. The van der Waals surface area contributed by atoms with E-state index in [2.05, 4.69) is 5.32 Å². The van der Waals surface area contributed by atoms with Gasteiger partial charge in [0.05, 0.1) is 16.3 Å². The van der Waals surface area contributed by atoms with Crippen LogP contribution in [0, 0.1) is 0 Å². The first-order valence-electron chi connectivity index (χ1n) is 5.90. The Bertz CT molecular complexity index is 591. The molecule has 0 radical (unpaired) electrons. The summed E-state index contributed by atoms with van der Waals surface area (Å²) in [6, 6.07) is 4.61. The zero-order chi connectivity index (χ0) is 14.0. The largest absolute Gasteiger partial charge is 0.397 e. The van der Waals surface area contributed by atoms with Crippen molar-refractivity contribution in [3.05, 3.63) is 18.2 Å². The minimum absolute atomic E-state index is 0.000276. The molecule has 5 N–H and O–H groups in total. The van der Waals surface area contributed by atoms with Crippen molar-refractivity contribution in [1.82, 2.24) is 0 Å². The average molecular weight is 303 g/mol. The molecule has 1 fully saturated rings. The molecule has 0 aliphatic carbocycles. The fourth-order valence-electron chi connectivity index (χ4n) is 2.01. The lowest BCUT2D eigenvalue weighted by Gasteiger charge is -2.24. The molecule has 19 heavy (non-hydrogen) atoms. The van der Waals surface area contributed by atoms with Gasteiger partial charge in [0.25, 0.3) is 0 Å². The lowest BCUT2D eigenvalue weighted by atomic mass is 10.1. The first-order valence-corrected chi connectivity index (χ1v) is 8.93. The van der Waals surface area contributed by atoms with Gasteiger partial charge in [-0.3, -0.25) is 4.21 Å². The van der Waals surface area contributed by atoms with E-state index in [1.165, 1.54) is 12.1 Å². The smallest absolute Gasteiger partial charge is 0.238 e. The van der Waals surface area contributed by atoms with Crippen LogP contribution in [0.5, 0.6) is 0 Å². The standard InChI is InChI=1S/C11H17N3O3S2/c12-10-7-9(19(13,16)17)1-2-11(10)14-8-3-5-18(15)6-4-8/h1-2,7-8,14H,3-6,12H2,(H2,13,16,17). The third-order valence-corrected chi connectivity index (χ3v) is 5.39. The zero-order valence-corrected chi connectivity index (χ0v) is 12.0. The molecule has 0 aromatic heterocycles. The molecular weight excluding hydrogens is 286 g/mol. The van der Waals surface area contributed by atoms with Gasteiger partial charge in [-0.2, -0.15) is 0 Å². The summed E-state index contributed by atoms with van der Waals surface area (Å²) in [5, 5.41) is 8.29. The van der Waals surface area contributed by atoms with Crippen LogP contribution in [-0.4, -0.2) is 30.2 Å². The van der Waals surface area contributed by atoms with Gasteiger partial charge >= 0.3 is 0 Å². The van der Waals surface area contributed by atoms with Crippen LogP contribution in [0.15, 0.2) is 23.1 Å². The molecule has 106 valence electrons. The van der Waals surface area contributed by atoms with Crippen LogP contribution in [0.1, 0.15) is 12.8 Å². The van der Waals surface area contributed by atoms with Gasteiger partial charge < -0.3 is 11.1 Å². The molecule has 0 bridgehead atoms. The molecule has 8 heteroatoms. The summed E-state index contributed by atoms with van der Waals surface area (Å²) in [6.07, 6.45) is 1.64. The zero-order valence-electron chi connectivity index (χ0n) is 10.3. The number of benzene rings is 1. The maximum absolute atomic E-state index is 11.3. The Morgan fingerprint density at radius 3 is 2.42 bits per heavy atom. The molecule has 0 amide bonds. The Hall–Kier alpha value is -1.12. The molecule has 6 nitrogen and oxygen atoms in total. The minimum atomic E-state index is -3.73. The van der Waals surface area contributed by atoms with E-state index in [1.54, 1.807) is 6.07 Å². The van der Waals surface area contributed by atoms with E-state index in [0.717, 1.165) is 12.8 Å². The molecule has 0 spiro atoms. The van der Waals surface area contributed by atoms with E-state index in [9.17, 15) is 12.6 Å². The summed E-state index contributed by atoms with van der Waals surface area (Å²) in [5.41, 5.74) is 6.85. The minimum Gasteiger partial charge on any atom is -0.397 e. The summed E-state index contributed by atoms with van der Waals surface area (Å²) in [4.78, 5) is 0.000276. The number of nitrogen functional groups attached to an aromatic ring is 1. The Morgan fingerprint density at radius 2 is 1.89 bits per heavy atom. The molecule has 1 saturated heterocycles. The molecule has 0 atom stereocenters. The Morgan fingerprint density at radius 1 is 1.26 bits per heavy atom. The maximum atomic E-state index is 11.3. The normalized spacial score (nSPS) is 24.1. The van der Waals surface area contributed by atoms with Crippen molar-refractivity contribution in [2.24, 2.45) is 5.14 Å². The predicted octanol–water partition coefficient (Wildman–Crippen LogP) is 0.239. The van der Waals surface area contributed by atoms with Crippen LogP contribution in [0.25, 0.3) is 0 Å². The summed E-state index contributed by atoms with van der Waals surface area (Å²) < 4.78 is 33.6. The highest BCUT2D eigenvalue weighted by atomic mass is 32.2. The lowest BCUT2D eigenvalue weighted by Crippen LogP contribution is -2.29. The number of nitrogens with two attached hydrogens (primary N) is 2. The number of hydrogen-bond donors (Lipinski definition) is 3. The Balaban J connectivity index is 2.11. The highest BCUT2D eigenvalue weighted by molar-refractivity contribution is 7.89. The number of rotatable bonds is 3. The number of nitrogens with one attached hydrogen (secondary N) is 1. The number of primary sulfonamides is 1. The topological polar surface area (TPSA) is 115 Å². The van der Waals surface area contributed by atoms with Gasteiger partial charge in [0.2, 0.25) is 10.0 Å². The van der Waals surface area contributed by atoms with E-state index in [0.29, 0.717) is 22.9 Å². The van der Waals surface area contributed by atoms with Crippen molar-refractivity contribution in [2.75, 3.05) is 22.6 Å². The van der Waals surface area contributed by atoms with Gasteiger partial charge in [0.1, 0.15) is 0 Å². The third-order valence-electron chi connectivity index (χ3n) is 3.10. The number of anilines is 2. The quantitative estimate of drug-likeness (QED) is 0.692. The van der Waals surface area contributed by atoms with Crippen molar-refractivity contribution in [3.63, 3.8) is 0 Å². The van der Waals surface area contributed by atoms with Crippen molar-refractivity contribution in [2.45, 2.75) is 23.8 Å². The van der Waals surface area contributed by atoms with Crippen LogP contribution in [0.3, 0.4) is 0 Å². The second kappa shape index (κ2) is 5.48. The van der Waals surface area contributed by atoms with Crippen LogP contribution < -0.4 is 16.2 Å². The fourth-order valence-corrected chi connectivity index (χ4v) is 3.86. The predicted molar refractivity (Wildman–Crippen MR) is 76.7 cm³/mol. The van der Waals surface area contributed by atoms with E-state index in [1.807, 2.05) is 0 Å². The average Bonchev–Trinajstić information content (AvgIpc) is 2.33. The van der Waals surface area contributed by atoms with Gasteiger partial charge in [-0.25, -0.2) is 13.6 Å². The SMILES string of the molecule is Nc1cc(S(N)(=O)=O)ccc1NC1CCS(=O)CC1. The summed E-state index contributed by atoms with van der Waals surface area (Å²) >= 11 is 0. The van der Waals surface area contributed by atoms with Gasteiger partial charge in [0, 0.05) is 28.3 Å². The van der Waals surface area contributed by atoms with Crippen LogP contribution >= 0.6 is 0 Å². The third kappa shape index (κ3) is 3.68. The molecule has 1 heterocycles. The maximum Gasteiger partial charge on any atom is 0.238 e. The van der Waals surface area contributed by atoms with Crippen LogP contribution in [0.4, 0.5) is 11.4 Å². The highest BCUT2D eigenvalue weighted by Gasteiger charge is 2.18. The van der Waals surface area contributed by atoms with Crippen molar-refractivity contribution in [3.8, 4) is 0 Å². The second-order valence-corrected chi connectivity index (χ2v) is 7.82. The van der Waals surface area contributed by atoms with Gasteiger partial charge in [-0.15, -0.1) is 0 Å². The molecule has 0 unspecified atom stereocenters. The molecule has 1 aromatic carbocycles. The summed E-state index contributed by atoms with van der Waals surface area (Å²) in [7, 11) is -4.44. The van der Waals surface area contributed by atoms with Crippen molar-refractivity contribution >= 4 is 32.2 Å². The first-order chi connectivity index (χ1) is 8.86. The molecule has 1 aromatic rings.